The van der Waals surface area contributed by atoms with Gasteiger partial charge in [0.2, 0.25) is 11.8 Å². The van der Waals surface area contributed by atoms with Crippen molar-refractivity contribution >= 4 is 68.5 Å². The summed E-state index contributed by atoms with van der Waals surface area (Å²) in [5.41, 5.74) is 19.7. The van der Waals surface area contributed by atoms with Gasteiger partial charge in [0.15, 0.2) is 0 Å². The number of fused-ring (bicyclic) bond motifs is 2. The van der Waals surface area contributed by atoms with Gasteiger partial charge in [-0.3, -0.25) is 19.0 Å². The summed E-state index contributed by atoms with van der Waals surface area (Å²) in [5.74, 6) is 0.713. The zero-order valence-electron chi connectivity index (χ0n) is 31.5. The summed E-state index contributed by atoms with van der Waals surface area (Å²) >= 11 is 3.33. The Hall–Kier alpha value is -3.89. The first-order valence-electron chi connectivity index (χ1n) is 19.1. The molecular weight excluding hydrogens is 812 g/mol. The second kappa shape index (κ2) is 19.2. The van der Waals surface area contributed by atoms with Gasteiger partial charge in [-0.05, 0) is 71.8 Å². The lowest BCUT2D eigenvalue weighted by Gasteiger charge is -2.38. The summed E-state index contributed by atoms with van der Waals surface area (Å²) in [5, 5.41) is 14.0. The number of aryl methyl sites for hydroxylation is 2. The molecule has 0 fully saturated rings. The molecule has 8 rings (SSSR count). The van der Waals surface area contributed by atoms with Crippen LogP contribution < -0.4 is 11.5 Å². The summed E-state index contributed by atoms with van der Waals surface area (Å²) in [7, 11) is 3.02. The van der Waals surface area contributed by atoms with E-state index in [2.05, 4.69) is 92.9 Å². The maximum absolute atomic E-state index is 14.0. The lowest BCUT2D eigenvalue weighted by Crippen LogP contribution is -2.50. The normalized spacial score (nSPS) is 17.4. The van der Waals surface area contributed by atoms with Crippen molar-refractivity contribution in [3.63, 3.8) is 0 Å². The average molecular weight is 860 g/mol. The molecule has 6 aromatic rings. The lowest BCUT2D eigenvalue weighted by atomic mass is 9.99. The number of carbonyl (C=O) groups excluding carboxylic acids is 2. The summed E-state index contributed by atoms with van der Waals surface area (Å²) in [6, 6.07) is 31.6. The van der Waals surface area contributed by atoms with Crippen molar-refractivity contribution in [3.05, 3.63) is 130 Å². The quantitative estimate of drug-likeness (QED) is 0.0794. The summed E-state index contributed by atoms with van der Waals surface area (Å²) in [6.07, 6.45) is 3.22. The van der Waals surface area contributed by atoms with E-state index in [1.807, 2.05) is 34.1 Å². The Bertz CT molecular complexity index is 2040. The van der Waals surface area contributed by atoms with Crippen molar-refractivity contribution in [2.45, 2.75) is 62.9 Å². The van der Waals surface area contributed by atoms with Crippen molar-refractivity contribution in [1.82, 2.24) is 29.4 Å². The molecule has 2 aliphatic rings. The van der Waals surface area contributed by atoms with Crippen LogP contribution in [0, 0.1) is 0 Å². The molecule has 0 saturated carbocycles. The number of thiophene rings is 2. The van der Waals surface area contributed by atoms with E-state index in [4.69, 9.17) is 21.7 Å². The van der Waals surface area contributed by atoms with Crippen LogP contribution in [0.1, 0.15) is 47.4 Å². The maximum Gasteiger partial charge on any atom is 0.241 e. The minimum atomic E-state index is -0.688. The van der Waals surface area contributed by atoms with Gasteiger partial charge in [-0.1, -0.05) is 94.4 Å². The second-order valence-electron chi connectivity index (χ2n) is 14.2. The van der Waals surface area contributed by atoms with Crippen LogP contribution >= 0.6 is 56.7 Å². The number of halogens is 1. The van der Waals surface area contributed by atoms with Crippen LogP contribution in [0.3, 0.4) is 0 Å². The Kier molecular flexibility index (Phi) is 13.9. The van der Waals surface area contributed by atoms with Gasteiger partial charge in [0.1, 0.15) is 11.4 Å². The number of nitrogens with two attached hydrogens (primary N) is 2. The number of carbonyl (C=O) groups is 2. The number of nitrogens with zero attached hydrogens (tertiary/aromatic N) is 6. The van der Waals surface area contributed by atoms with E-state index in [9.17, 15) is 9.59 Å². The van der Waals surface area contributed by atoms with Crippen LogP contribution in [0.2, 0.25) is 0 Å². The maximum atomic E-state index is 14.0. The van der Waals surface area contributed by atoms with E-state index in [0.29, 0.717) is 37.7 Å². The molecule has 57 heavy (non-hydrogen) atoms. The van der Waals surface area contributed by atoms with Gasteiger partial charge in [-0.15, -0.1) is 35.1 Å². The molecule has 0 saturated heterocycles. The lowest BCUT2D eigenvalue weighted by molar-refractivity contribution is -0.136. The van der Waals surface area contributed by atoms with Crippen molar-refractivity contribution in [3.8, 4) is 21.1 Å². The number of benzene rings is 2. The summed E-state index contributed by atoms with van der Waals surface area (Å²) in [6.45, 7) is 2.35. The van der Waals surface area contributed by atoms with Gasteiger partial charge in [-0.25, -0.2) is 0 Å². The Labute approximate surface area is 355 Å². The monoisotopic (exact) mass is 858 g/mol. The Balaban J connectivity index is 0.00000496. The Morgan fingerprint density at radius 1 is 0.632 bits per heavy atom. The molecule has 2 amide bonds. The zero-order chi connectivity index (χ0) is 38.4. The van der Waals surface area contributed by atoms with Crippen molar-refractivity contribution in [1.29, 1.82) is 0 Å². The van der Waals surface area contributed by atoms with E-state index >= 15 is 0 Å². The average Bonchev–Trinajstić information content (AvgIpc) is 4.07. The molecule has 2 unspecified atom stereocenters. The molecule has 4 aromatic heterocycles. The predicted octanol–water partition coefficient (Wildman–Crippen LogP) is 7.73. The fourth-order valence-electron chi connectivity index (χ4n) is 7.72. The second-order valence-corrected chi connectivity index (χ2v) is 18.7. The third-order valence-electron chi connectivity index (χ3n) is 10.6. The number of rotatable bonds is 15. The highest BCUT2D eigenvalue weighted by atomic mass is 35.5. The van der Waals surface area contributed by atoms with Crippen molar-refractivity contribution < 1.29 is 9.59 Å². The molecule has 15 heteroatoms. The fraction of sp³-hybridized carbons (Fsp3) is 0.333. The van der Waals surface area contributed by atoms with E-state index < -0.39 is 12.1 Å². The minimum Gasteiger partial charge on any atom is -0.331 e. The van der Waals surface area contributed by atoms with Gasteiger partial charge in [-0.2, -0.15) is 10.2 Å². The van der Waals surface area contributed by atoms with E-state index in [1.54, 1.807) is 22.7 Å². The standard InChI is InChI=1S/C42H46N8O2S4.ClH/c43-31(41(51)47-19-21-49-37(25-33(45-49)39-13-7-23-53-39)35(47)17-15-29-9-3-1-4-10-29)27-55-56-28-32(44)42(52)48-20-22-50-38(26-34(46-50)40-14-8-24-54-40)36(48)18-16-30-11-5-2-6-12-30;/h1-14,23-26,31-32,35-36H,15-22,27-28,43-44H2;1H/t31-,32-,35?,36?;/m0./s1. The molecule has 10 nitrogen and oxygen atoms in total. The van der Waals surface area contributed by atoms with Gasteiger partial charge >= 0.3 is 0 Å². The van der Waals surface area contributed by atoms with Crippen LogP contribution in [0.5, 0.6) is 0 Å². The van der Waals surface area contributed by atoms with Gasteiger partial charge in [0, 0.05) is 24.6 Å². The first-order valence-corrected chi connectivity index (χ1v) is 23.4. The fourth-order valence-corrected chi connectivity index (χ4v) is 11.3. The number of aromatic nitrogens is 4. The smallest absolute Gasteiger partial charge is 0.241 e. The van der Waals surface area contributed by atoms with E-state index in [1.165, 1.54) is 32.7 Å². The predicted molar refractivity (Wildman–Crippen MR) is 238 cm³/mol. The molecule has 0 radical (unpaired) electrons. The Morgan fingerprint density at radius 3 is 1.44 bits per heavy atom. The molecule has 298 valence electrons. The van der Waals surface area contributed by atoms with Crippen LogP contribution in [0.25, 0.3) is 21.1 Å². The van der Waals surface area contributed by atoms with Crippen LogP contribution in [0.15, 0.2) is 108 Å². The van der Waals surface area contributed by atoms with Gasteiger partial charge in [0.05, 0.1) is 58.4 Å². The summed E-state index contributed by atoms with van der Waals surface area (Å²) in [4.78, 5) is 34.2. The first-order chi connectivity index (χ1) is 27.4. The van der Waals surface area contributed by atoms with Crippen molar-refractivity contribution in [2.24, 2.45) is 11.5 Å². The largest absolute Gasteiger partial charge is 0.331 e. The van der Waals surface area contributed by atoms with E-state index in [0.717, 1.165) is 58.2 Å². The SMILES string of the molecule is Cl.N[C@@H](CSSC[C@H](N)C(=O)N1CCn2nc(-c3cccs3)cc2C1CCc1ccccc1)C(=O)N1CCn2nc(-c3cccs3)cc2C1CCc1ccccc1. The summed E-state index contributed by atoms with van der Waals surface area (Å²) < 4.78 is 4.13. The molecule has 0 spiro atoms. The first kappa shape index (κ1) is 41.3. The van der Waals surface area contributed by atoms with Crippen molar-refractivity contribution in [2.75, 3.05) is 24.6 Å². The zero-order valence-corrected chi connectivity index (χ0v) is 35.6. The van der Waals surface area contributed by atoms with E-state index in [-0.39, 0.29) is 36.3 Å². The van der Waals surface area contributed by atoms with Gasteiger partial charge in [0.25, 0.3) is 0 Å². The highest BCUT2D eigenvalue weighted by Crippen LogP contribution is 2.37. The number of amides is 2. The highest BCUT2D eigenvalue weighted by molar-refractivity contribution is 8.76. The molecular formula is C42H47ClN8O2S4. The topological polar surface area (TPSA) is 128 Å². The molecule has 2 aromatic carbocycles. The number of hydrogen-bond donors (Lipinski definition) is 2. The number of hydrogen-bond acceptors (Lipinski definition) is 10. The Morgan fingerprint density at radius 2 is 1.05 bits per heavy atom. The highest BCUT2D eigenvalue weighted by Gasteiger charge is 2.36. The minimum absolute atomic E-state index is 0. The molecule has 4 atom stereocenters. The molecule has 0 aliphatic carbocycles. The van der Waals surface area contributed by atoms with Gasteiger partial charge < -0.3 is 21.3 Å². The molecule has 6 heterocycles. The third-order valence-corrected chi connectivity index (χ3v) is 14.8. The van der Waals surface area contributed by atoms with Crippen LogP contribution in [-0.2, 0) is 35.5 Å². The van der Waals surface area contributed by atoms with Crippen LogP contribution in [0.4, 0.5) is 0 Å². The molecule has 2 aliphatic heterocycles. The van der Waals surface area contributed by atoms with Crippen LogP contribution in [-0.4, -0.2) is 77.9 Å². The third kappa shape index (κ3) is 9.54. The molecule has 4 N–H and O–H groups in total. The molecule has 0 bridgehead atoms.